The fraction of sp³-hybridized carbons (Fsp3) is 0.250. The standard InChI is InChI=1S/C8H10N2/c1-6-3-4-8(10-9)7(2)5-6/h3-5,9H,1-2H3/q+1. The second-order valence-corrected chi connectivity index (χ2v) is 2.40. The highest BCUT2D eigenvalue weighted by Crippen LogP contribution is 2.17. The Morgan fingerprint density at radius 3 is 2.50 bits per heavy atom. The predicted octanol–water partition coefficient (Wildman–Crippen LogP) is 0.932. The maximum atomic E-state index is 6.78. The molecule has 2 heteroatoms. The Morgan fingerprint density at radius 2 is 2.00 bits per heavy atom. The van der Waals surface area contributed by atoms with E-state index >= 15 is 0 Å². The third-order valence-electron chi connectivity index (χ3n) is 1.47. The summed E-state index contributed by atoms with van der Waals surface area (Å²) >= 11 is 0. The zero-order valence-corrected chi connectivity index (χ0v) is 6.18. The summed E-state index contributed by atoms with van der Waals surface area (Å²) in [5, 5.41) is 3.36. The topological polar surface area (TPSA) is 36.2 Å². The first-order valence-electron chi connectivity index (χ1n) is 3.19. The molecule has 0 fully saturated rings. The van der Waals surface area contributed by atoms with E-state index in [1.807, 2.05) is 32.0 Å². The average molecular weight is 134 g/mol. The van der Waals surface area contributed by atoms with Crippen LogP contribution in [0.1, 0.15) is 11.1 Å². The van der Waals surface area contributed by atoms with Crippen LogP contribution in [0.3, 0.4) is 0 Å². The van der Waals surface area contributed by atoms with Gasteiger partial charge in [0.2, 0.25) is 0 Å². The minimum Gasteiger partial charge on any atom is -0.0569 e. The van der Waals surface area contributed by atoms with Crippen molar-refractivity contribution in [1.82, 2.24) is 0 Å². The number of hydrogen-bond acceptors (Lipinski definition) is 2. The quantitative estimate of drug-likeness (QED) is 0.555. The molecule has 0 unspecified atom stereocenters. The molecule has 0 bridgehead atoms. The van der Waals surface area contributed by atoms with Crippen molar-refractivity contribution in [3.05, 3.63) is 29.3 Å². The van der Waals surface area contributed by atoms with Crippen LogP contribution in [0.25, 0.3) is 0 Å². The van der Waals surface area contributed by atoms with Gasteiger partial charge in [-0.05, 0) is 25.5 Å². The molecule has 0 saturated carbocycles. The van der Waals surface area contributed by atoms with Crippen molar-refractivity contribution in [2.24, 2.45) is 5.11 Å². The highest BCUT2D eigenvalue weighted by molar-refractivity contribution is 5.45. The normalized spacial score (nSPS) is 9.40. The van der Waals surface area contributed by atoms with Crippen molar-refractivity contribution < 1.29 is 5.53 Å². The summed E-state index contributed by atoms with van der Waals surface area (Å²) in [4.78, 5) is 0. The van der Waals surface area contributed by atoms with Crippen molar-refractivity contribution in [3.8, 4) is 0 Å². The van der Waals surface area contributed by atoms with Gasteiger partial charge < -0.3 is 0 Å². The Balaban J connectivity index is 3.19. The molecule has 0 aliphatic rings. The molecule has 1 N–H and O–H groups in total. The third-order valence-corrected chi connectivity index (χ3v) is 1.47. The van der Waals surface area contributed by atoms with Crippen LogP contribution in [-0.4, -0.2) is 0 Å². The SMILES string of the molecule is Cc1ccc(N=[NH+])c(C)c1. The van der Waals surface area contributed by atoms with Crippen LogP contribution in [0, 0.1) is 13.8 Å². The van der Waals surface area contributed by atoms with Crippen LogP contribution in [0.15, 0.2) is 23.3 Å². The first-order chi connectivity index (χ1) is 4.74. The molecule has 0 heterocycles. The minimum absolute atomic E-state index is 0.755. The van der Waals surface area contributed by atoms with Gasteiger partial charge in [0.05, 0.1) is 5.11 Å². The summed E-state index contributed by atoms with van der Waals surface area (Å²) in [6, 6.07) is 5.84. The number of nitrogens with one attached hydrogen (secondary N) is 1. The van der Waals surface area contributed by atoms with Crippen LogP contribution >= 0.6 is 0 Å². The van der Waals surface area contributed by atoms with Gasteiger partial charge in [-0.15, -0.1) is 0 Å². The smallest absolute Gasteiger partial charge is 0.0569 e. The fourth-order valence-electron chi connectivity index (χ4n) is 0.931. The zero-order valence-electron chi connectivity index (χ0n) is 6.18. The largest absolute Gasteiger partial charge is 0.144 e. The van der Waals surface area contributed by atoms with Crippen molar-refractivity contribution >= 4 is 5.69 Å². The van der Waals surface area contributed by atoms with Crippen LogP contribution in [0.2, 0.25) is 0 Å². The number of aryl methyl sites for hydroxylation is 2. The maximum absolute atomic E-state index is 6.78. The summed E-state index contributed by atoms with van der Waals surface area (Å²) in [6.45, 7) is 3.99. The number of benzene rings is 1. The van der Waals surface area contributed by atoms with Crippen LogP contribution in [0.4, 0.5) is 5.69 Å². The molecule has 1 radical (unpaired) electrons. The first-order valence-corrected chi connectivity index (χ1v) is 3.19. The Kier molecular flexibility index (Phi) is 1.81. The Labute approximate surface area is 60.4 Å². The first kappa shape index (κ1) is 6.93. The average Bonchev–Trinajstić information content (AvgIpc) is 1.88. The molecular formula is C8H10N2+. The molecular weight excluding hydrogens is 124 g/mol. The molecule has 0 saturated heterocycles. The molecule has 2 nitrogen and oxygen atoms in total. The molecule has 1 rings (SSSR count). The maximum Gasteiger partial charge on any atom is 0.144 e. The van der Waals surface area contributed by atoms with Gasteiger partial charge in [-0.2, -0.15) is 0 Å². The third kappa shape index (κ3) is 1.21. The van der Waals surface area contributed by atoms with E-state index in [1.54, 1.807) is 0 Å². The van der Waals surface area contributed by atoms with Crippen molar-refractivity contribution in [3.63, 3.8) is 0 Å². The van der Waals surface area contributed by atoms with Gasteiger partial charge >= 0.3 is 0 Å². The van der Waals surface area contributed by atoms with E-state index in [-0.39, 0.29) is 0 Å². The molecule has 0 amide bonds. The summed E-state index contributed by atoms with van der Waals surface area (Å²) in [5.74, 6) is 0. The molecule has 51 valence electrons. The molecule has 0 aromatic heterocycles. The molecule has 1 aromatic rings. The van der Waals surface area contributed by atoms with Crippen molar-refractivity contribution in [2.45, 2.75) is 13.8 Å². The number of nitrogens with zero attached hydrogens (tertiary/aromatic N) is 1. The summed E-state index contributed by atoms with van der Waals surface area (Å²) < 4.78 is 0. The Hall–Kier alpha value is -1.18. The zero-order chi connectivity index (χ0) is 7.56. The second kappa shape index (κ2) is 2.60. The highest BCUT2D eigenvalue weighted by atomic mass is 15.0. The minimum atomic E-state index is 0.755. The Bertz CT molecular complexity index is 253. The second-order valence-electron chi connectivity index (χ2n) is 2.40. The van der Waals surface area contributed by atoms with Gasteiger partial charge in [0.15, 0.2) is 0 Å². The van der Waals surface area contributed by atoms with Gasteiger partial charge in [-0.25, -0.2) is 0 Å². The van der Waals surface area contributed by atoms with E-state index in [1.165, 1.54) is 5.56 Å². The van der Waals surface area contributed by atoms with Crippen molar-refractivity contribution in [2.75, 3.05) is 0 Å². The van der Waals surface area contributed by atoms with Crippen LogP contribution in [0.5, 0.6) is 0 Å². The lowest BCUT2D eigenvalue weighted by Crippen LogP contribution is -2.22. The van der Waals surface area contributed by atoms with Crippen LogP contribution < -0.4 is 5.53 Å². The Morgan fingerprint density at radius 1 is 1.30 bits per heavy atom. The monoisotopic (exact) mass is 134 g/mol. The molecule has 0 aliphatic carbocycles. The van der Waals surface area contributed by atoms with E-state index < -0.39 is 0 Å². The van der Waals surface area contributed by atoms with Gasteiger partial charge in [0, 0.05) is 0 Å². The lowest BCUT2D eigenvalue weighted by atomic mass is 10.1. The van der Waals surface area contributed by atoms with Crippen LogP contribution in [-0.2, 0) is 0 Å². The van der Waals surface area contributed by atoms with Crippen molar-refractivity contribution in [1.29, 1.82) is 0 Å². The fourth-order valence-corrected chi connectivity index (χ4v) is 0.931. The summed E-state index contributed by atoms with van der Waals surface area (Å²) in [5.41, 5.74) is 9.81. The van der Waals surface area contributed by atoms with E-state index in [0.29, 0.717) is 0 Å². The van der Waals surface area contributed by atoms with E-state index in [9.17, 15) is 0 Å². The predicted molar refractivity (Wildman–Crippen MR) is 39.0 cm³/mol. The molecule has 0 spiro atoms. The van der Waals surface area contributed by atoms with Gasteiger partial charge in [0.25, 0.3) is 0 Å². The number of hydrogen-bond donors (Lipinski definition) is 1. The van der Waals surface area contributed by atoms with E-state index in [2.05, 4.69) is 5.11 Å². The summed E-state index contributed by atoms with van der Waals surface area (Å²) in [6.07, 6.45) is 0. The number of rotatable bonds is 1. The van der Waals surface area contributed by atoms with Gasteiger partial charge in [0.1, 0.15) is 11.2 Å². The lowest BCUT2D eigenvalue weighted by Gasteiger charge is -1.94. The van der Waals surface area contributed by atoms with Gasteiger partial charge in [-0.1, -0.05) is 17.7 Å². The molecule has 0 atom stereocenters. The lowest BCUT2D eigenvalue weighted by molar-refractivity contribution is -0.210. The molecule has 10 heavy (non-hydrogen) atoms. The molecule has 0 aliphatic heterocycles. The van der Waals surface area contributed by atoms with E-state index in [0.717, 1.165) is 11.3 Å². The van der Waals surface area contributed by atoms with Gasteiger partial charge in [-0.3, -0.25) is 0 Å². The van der Waals surface area contributed by atoms with E-state index in [4.69, 9.17) is 5.53 Å². The molecule has 1 aromatic carbocycles. The highest BCUT2D eigenvalue weighted by Gasteiger charge is 1.97. The summed E-state index contributed by atoms with van der Waals surface area (Å²) in [7, 11) is 0.